The molecule has 2 aromatic heterocycles. The van der Waals surface area contributed by atoms with E-state index in [4.69, 9.17) is 0 Å². The molecule has 2 heterocycles. The monoisotopic (exact) mass is 353 g/mol. The van der Waals surface area contributed by atoms with Crippen molar-refractivity contribution in [2.24, 2.45) is 7.05 Å². The fraction of sp³-hybridized carbons (Fsp3) is 0.600. The van der Waals surface area contributed by atoms with Crippen molar-refractivity contribution in [2.75, 3.05) is 6.54 Å². The third kappa shape index (κ3) is 3.21. The molecule has 0 aliphatic rings. The van der Waals surface area contributed by atoms with Crippen molar-refractivity contribution >= 4 is 15.9 Å². The van der Waals surface area contributed by atoms with E-state index in [0.717, 1.165) is 34.5 Å². The Bertz CT molecular complexity index is 599. The van der Waals surface area contributed by atoms with Crippen molar-refractivity contribution in [3.05, 3.63) is 33.8 Å². The fourth-order valence-corrected chi connectivity index (χ4v) is 3.07. The van der Waals surface area contributed by atoms with Crippen LogP contribution in [-0.2, 0) is 13.5 Å². The van der Waals surface area contributed by atoms with Crippen molar-refractivity contribution in [3.63, 3.8) is 0 Å². The summed E-state index contributed by atoms with van der Waals surface area (Å²) in [6.45, 7) is 9.42. The highest BCUT2D eigenvalue weighted by atomic mass is 79.9. The maximum absolute atomic E-state index is 4.58. The first-order valence-electron chi connectivity index (χ1n) is 7.48. The Labute approximate surface area is 134 Å². The molecule has 0 bridgehead atoms. The van der Waals surface area contributed by atoms with Gasteiger partial charge in [0.2, 0.25) is 0 Å². The van der Waals surface area contributed by atoms with Crippen LogP contribution >= 0.6 is 15.9 Å². The molecule has 1 unspecified atom stereocenters. The molecule has 0 saturated carbocycles. The van der Waals surface area contributed by atoms with Crippen LogP contribution < -0.4 is 5.32 Å². The largest absolute Gasteiger partial charge is 0.304 e. The van der Waals surface area contributed by atoms with Crippen LogP contribution in [-0.4, -0.2) is 26.1 Å². The first-order valence-corrected chi connectivity index (χ1v) is 8.27. The molecule has 1 atom stereocenters. The van der Waals surface area contributed by atoms with Gasteiger partial charge in [0.1, 0.15) is 0 Å². The highest BCUT2D eigenvalue weighted by Crippen LogP contribution is 2.30. The third-order valence-electron chi connectivity index (χ3n) is 3.58. The summed E-state index contributed by atoms with van der Waals surface area (Å²) in [5.74, 6) is 0. The first-order chi connectivity index (χ1) is 9.99. The molecular formula is C15H24BrN5. The van der Waals surface area contributed by atoms with Gasteiger partial charge in [0.25, 0.3) is 0 Å². The van der Waals surface area contributed by atoms with Gasteiger partial charge < -0.3 is 5.32 Å². The van der Waals surface area contributed by atoms with Gasteiger partial charge in [-0.25, -0.2) is 0 Å². The summed E-state index contributed by atoms with van der Waals surface area (Å²) in [5.41, 5.74) is 3.43. The standard InChI is InChI=1S/C15H24BrN5/c1-6-11-8-13(20(5)19-11)14(17-7-2)15-12(16)9-18-21(15)10(3)4/h8-10,14,17H,6-7H2,1-5H3. The summed E-state index contributed by atoms with van der Waals surface area (Å²) >= 11 is 3.65. The quantitative estimate of drug-likeness (QED) is 0.867. The molecule has 0 aromatic carbocycles. The number of hydrogen-bond acceptors (Lipinski definition) is 3. The fourth-order valence-electron chi connectivity index (χ4n) is 2.56. The van der Waals surface area contributed by atoms with Crippen LogP contribution in [0, 0.1) is 0 Å². The average Bonchev–Trinajstić information content (AvgIpc) is 3.00. The lowest BCUT2D eigenvalue weighted by molar-refractivity contribution is 0.463. The summed E-state index contributed by atoms with van der Waals surface area (Å²) in [6, 6.07) is 2.57. The van der Waals surface area contributed by atoms with Crippen LogP contribution in [0.25, 0.3) is 0 Å². The SMILES string of the molecule is CCNC(c1cc(CC)nn1C)c1c(Br)cnn1C(C)C. The summed E-state index contributed by atoms with van der Waals surface area (Å²) in [4.78, 5) is 0. The van der Waals surface area contributed by atoms with Crippen molar-refractivity contribution in [3.8, 4) is 0 Å². The van der Waals surface area contributed by atoms with E-state index < -0.39 is 0 Å². The number of aryl methyl sites for hydroxylation is 2. The van der Waals surface area contributed by atoms with Crippen LogP contribution in [0.1, 0.15) is 56.9 Å². The lowest BCUT2D eigenvalue weighted by Gasteiger charge is -2.22. The van der Waals surface area contributed by atoms with Crippen molar-refractivity contribution in [1.82, 2.24) is 24.9 Å². The van der Waals surface area contributed by atoms with E-state index in [1.165, 1.54) is 0 Å². The highest BCUT2D eigenvalue weighted by molar-refractivity contribution is 9.10. The van der Waals surface area contributed by atoms with Crippen LogP contribution in [0.2, 0.25) is 0 Å². The molecule has 6 heteroatoms. The molecule has 0 fully saturated rings. The van der Waals surface area contributed by atoms with Gasteiger partial charge in [-0.2, -0.15) is 10.2 Å². The number of aromatic nitrogens is 4. The Hall–Kier alpha value is -1.14. The molecule has 5 nitrogen and oxygen atoms in total. The Morgan fingerprint density at radius 2 is 2.05 bits per heavy atom. The van der Waals surface area contributed by atoms with Crippen LogP contribution in [0.5, 0.6) is 0 Å². The van der Waals surface area contributed by atoms with Crippen LogP contribution in [0.3, 0.4) is 0 Å². The molecule has 1 N–H and O–H groups in total. The minimum atomic E-state index is 0.0760. The molecule has 0 spiro atoms. The van der Waals surface area contributed by atoms with Gasteiger partial charge in [-0.05, 0) is 48.8 Å². The molecule has 116 valence electrons. The lowest BCUT2D eigenvalue weighted by atomic mass is 10.1. The topological polar surface area (TPSA) is 47.7 Å². The summed E-state index contributed by atoms with van der Waals surface area (Å²) in [5, 5.41) is 12.6. The van der Waals surface area contributed by atoms with Crippen molar-refractivity contribution < 1.29 is 0 Å². The van der Waals surface area contributed by atoms with E-state index in [0.29, 0.717) is 6.04 Å². The smallest absolute Gasteiger partial charge is 0.0930 e. The van der Waals surface area contributed by atoms with E-state index >= 15 is 0 Å². The summed E-state index contributed by atoms with van der Waals surface area (Å²) in [6.07, 6.45) is 2.81. The van der Waals surface area contributed by atoms with Gasteiger partial charge in [0, 0.05) is 13.1 Å². The van der Waals surface area contributed by atoms with E-state index in [2.05, 4.69) is 69.9 Å². The van der Waals surface area contributed by atoms with Gasteiger partial charge in [-0.1, -0.05) is 13.8 Å². The minimum Gasteiger partial charge on any atom is -0.304 e. The maximum atomic E-state index is 4.58. The maximum Gasteiger partial charge on any atom is 0.0930 e. The zero-order chi connectivity index (χ0) is 15.6. The number of nitrogens with zero attached hydrogens (tertiary/aromatic N) is 4. The molecule has 2 aromatic rings. The molecule has 2 rings (SSSR count). The van der Waals surface area contributed by atoms with Gasteiger partial charge in [0.05, 0.1) is 33.8 Å². The molecule has 0 aliphatic heterocycles. The second kappa shape index (κ2) is 6.75. The summed E-state index contributed by atoms with van der Waals surface area (Å²) in [7, 11) is 2.00. The Kier molecular flexibility index (Phi) is 5.22. The van der Waals surface area contributed by atoms with E-state index in [1.54, 1.807) is 0 Å². The molecule has 0 radical (unpaired) electrons. The Balaban J connectivity index is 2.53. The predicted octanol–water partition coefficient (Wildman–Crippen LogP) is 3.22. The summed E-state index contributed by atoms with van der Waals surface area (Å²) < 4.78 is 5.06. The first kappa shape index (κ1) is 16.2. The van der Waals surface area contributed by atoms with E-state index in [9.17, 15) is 0 Å². The second-order valence-corrected chi connectivity index (χ2v) is 6.30. The minimum absolute atomic E-state index is 0.0760. The Morgan fingerprint density at radius 1 is 1.33 bits per heavy atom. The average molecular weight is 354 g/mol. The van der Waals surface area contributed by atoms with E-state index in [1.807, 2.05) is 17.9 Å². The lowest BCUT2D eigenvalue weighted by Crippen LogP contribution is -2.27. The van der Waals surface area contributed by atoms with Crippen LogP contribution in [0.15, 0.2) is 16.7 Å². The van der Waals surface area contributed by atoms with Crippen molar-refractivity contribution in [2.45, 2.75) is 46.2 Å². The van der Waals surface area contributed by atoms with Gasteiger partial charge in [0.15, 0.2) is 0 Å². The van der Waals surface area contributed by atoms with Gasteiger partial charge in [-0.3, -0.25) is 9.36 Å². The zero-order valence-corrected chi connectivity index (χ0v) is 15.0. The van der Waals surface area contributed by atoms with Crippen molar-refractivity contribution in [1.29, 1.82) is 0 Å². The third-order valence-corrected chi connectivity index (χ3v) is 4.19. The molecule has 0 aliphatic carbocycles. The van der Waals surface area contributed by atoms with Crippen LogP contribution in [0.4, 0.5) is 0 Å². The normalized spacial score (nSPS) is 13.1. The number of halogens is 1. The second-order valence-electron chi connectivity index (χ2n) is 5.44. The molecule has 0 saturated heterocycles. The molecular weight excluding hydrogens is 330 g/mol. The van der Waals surface area contributed by atoms with Gasteiger partial charge in [-0.15, -0.1) is 0 Å². The van der Waals surface area contributed by atoms with E-state index in [-0.39, 0.29) is 6.04 Å². The van der Waals surface area contributed by atoms with Gasteiger partial charge >= 0.3 is 0 Å². The molecule has 0 amide bonds. The number of nitrogens with one attached hydrogen (secondary N) is 1. The molecule has 21 heavy (non-hydrogen) atoms. The highest BCUT2D eigenvalue weighted by Gasteiger charge is 2.25. The zero-order valence-electron chi connectivity index (χ0n) is 13.4. The predicted molar refractivity (Wildman–Crippen MR) is 88.4 cm³/mol. The number of rotatable bonds is 6. The number of hydrogen-bond donors (Lipinski definition) is 1. The Morgan fingerprint density at radius 3 is 2.57 bits per heavy atom.